The monoisotopic (exact) mass is 525 g/mol. The zero-order valence-corrected chi connectivity index (χ0v) is 21.0. The molecule has 4 aromatic rings. The Kier molecular flexibility index (Phi) is 6.28. The normalized spacial score (nSPS) is 18.4. The Morgan fingerprint density at radius 3 is 2.39 bits per heavy atom. The predicted molar refractivity (Wildman–Crippen MR) is 133 cm³/mol. The summed E-state index contributed by atoms with van der Waals surface area (Å²) in [5.41, 5.74) is 3.44. The van der Waals surface area contributed by atoms with Crippen LogP contribution in [-0.4, -0.2) is 32.0 Å². The Bertz CT molecular complexity index is 1480. The van der Waals surface area contributed by atoms with Gasteiger partial charge < -0.3 is 19.1 Å². The minimum absolute atomic E-state index is 0.268. The summed E-state index contributed by atoms with van der Waals surface area (Å²) in [6.45, 7) is 6.29. The fraction of sp³-hybridized carbons (Fsp3) is 0.321. The Labute approximate surface area is 216 Å². The summed E-state index contributed by atoms with van der Waals surface area (Å²) in [5, 5.41) is 9.77. The lowest BCUT2D eigenvalue weighted by Crippen LogP contribution is -2.17. The Morgan fingerprint density at radius 1 is 1.08 bits per heavy atom. The molecule has 2 heterocycles. The van der Waals surface area contributed by atoms with E-state index >= 15 is 0 Å². The van der Waals surface area contributed by atoms with Gasteiger partial charge in [0.25, 0.3) is 0 Å². The summed E-state index contributed by atoms with van der Waals surface area (Å²) in [4.78, 5) is 21.1. The molecule has 0 aliphatic heterocycles. The van der Waals surface area contributed by atoms with Crippen molar-refractivity contribution in [3.63, 3.8) is 0 Å². The van der Waals surface area contributed by atoms with Crippen LogP contribution in [0.5, 0.6) is 11.5 Å². The molecule has 1 aliphatic rings. The molecule has 1 saturated carbocycles. The third-order valence-electron chi connectivity index (χ3n) is 6.98. The van der Waals surface area contributed by atoms with Crippen LogP contribution in [-0.2, 0) is 17.9 Å². The minimum atomic E-state index is -4.77. The van der Waals surface area contributed by atoms with Crippen molar-refractivity contribution in [1.29, 1.82) is 0 Å². The molecular formula is C28H26F3N3O4. The van der Waals surface area contributed by atoms with Gasteiger partial charge in [0, 0.05) is 24.7 Å². The van der Waals surface area contributed by atoms with E-state index in [1.54, 1.807) is 24.4 Å². The first-order chi connectivity index (χ1) is 17.9. The number of carboxylic acid groups (broad SMARTS) is 1. The van der Waals surface area contributed by atoms with Crippen LogP contribution in [0, 0.1) is 18.3 Å². The average molecular weight is 526 g/mol. The van der Waals surface area contributed by atoms with E-state index in [0.717, 1.165) is 16.8 Å². The Balaban J connectivity index is 1.49. The number of alkyl halides is 3. The van der Waals surface area contributed by atoms with Crippen molar-refractivity contribution < 1.29 is 32.5 Å². The molecule has 1 fully saturated rings. The zero-order valence-electron chi connectivity index (χ0n) is 21.0. The quantitative estimate of drug-likeness (QED) is 0.300. The summed E-state index contributed by atoms with van der Waals surface area (Å²) in [6.07, 6.45) is -3.01. The number of hydrogen-bond donors (Lipinski definition) is 1. The van der Waals surface area contributed by atoms with E-state index in [2.05, 4.69) is 9.72 Å². The van der Waals surface area contributed by atoms with Crippen molar-refractivity contribution in [2.45, 2.75) is 46.2 Å². The summed E-state index contributed by atoms with van der Waals surface area (Å²) in [7, 11) is 0. The second-order valence-corrected chi connectivity index (χ2v) is 10.1. The number of carbonyl (C=O) groups is 1. The number of imidazole rings is 1. The van der Waals surface area contributed by atoms with Gasteiger partial charge in [-0.25, -0.2) is 4.98 Å². The molecule has 0 amide bonds. The van der Waals surface area contributed by atoms with Gasteiger partial charge in [0.2, 0.25) is 0 Å². The van der Waals surface area contributed by atoms with Crippen LogP contribution >= 0.6 is 0 Å². The van der Waals surface area contributed by atoms with E-state index in [9.17, 15) is 23.1 Å². The maximum Gasteiger partial charge on any atom is 0.573 e. The molecule has 0 spiro atoms. The van der Waals surface area contributed by atoms with Crippen LogP contribution in [0.4, 0.5) is 13.2 Å². The number of pyridine rings is 1. The number of fused-ring (bicyclic) bond motifs is 1. The molecule has 1 N–H and O–H groups in total. The highest BCUT2D eigenvalue weighted by molar-refractivity contribution is 5.81. The van der Waals surface area contributed by atoms with Crippen molar-refractivity contribution in [1.82, 2.24) is 14.5 Å². The van der Waals surface area contributed by atoms with Gasteiger partial charge >= 0.3 is 12.3 Å². The van der Waals surface area contributed by atoms with E-state index in [4.69, 9.17) is 9.72 Å². The van der Waals surface area contributed by atoms with Gasteiger partial charge in [0.1, 0.15) is 23.9 Å². The molecule has 0 saturated heterocycles. The second kappa shape index (κ2) is 9.34. The third kappa shape index (κ3) is 5.16. The highest BCUT2D eigenvalue weighted by Crippen LogP contribution is 2.64. The number of halogens is 3. The number of rotatable bonds is 8. The number of ether oxygens (including phenoxy) is 2. The van der Waals surface area contributed by atoms with Crippen molar-refractivity contribution in [2.24, 2.45) is 11.3 Å². The maximum absolute atomic E-state index is 12.6. The molecule has 2 atom stereocenters. The highest BCUT2D eigenvalue weighted by Gasteiger charge is 2.64. The van der Waals surface area contributed by atoms with E-state index in [0.29, 0.717) is 22.7 Å². The van der Waals surface area contributed by atoms with Crippen molar-refractivity contribution in [3.05, 3.63) is 83.4 Å². The number of carboxylic acids is 1. The van der Waals surface area contributed by atoms with E-state index in [-0.39, 0.29) is 24.8 Å². The lowest BCUT2D eigenvalue weighted by Gasteiger charge is -2.13. The molecule has 0 bridgehead atoms. The van der Waals surface area contributed by atoms with Crippen molar-refractivity contribution in [3.8, 4) is 11.5 Å². The first kappa shape index (κ1) is 25.6. The Morgan fingerprint density at radius 2 is 1.79 bits per heavy atom. The van der Waals surface area contributed by atoms with Crippen molar-refractivity contribution in [2.75, 3.05) is 0 Å². The number of nitrogens with zero attached hydrogens (tertiary/aromatic N) is 3. The van der Waals surface area contributed by atoms with Gasteiger partial charge in [0.05, 0.1) is 22.6 Å². The lowest BCUT2D eigenvalue weighted by atomic mass is 10.1. The molecule has 2 aromatic carbocycles. The minimum Gasteiger partial charge on any atom is -0.487 e. The summed E-state index contributed by atoms with van der Waals surface area (Å²) < 4.78 is 49.6. The molecule has 10 heteroatoms. The molecular weight excluding hydrogens is 499 g/mol. The van der Waals surface area contributed by atoms with Crippen LogP contribution < -0.4 is 9.47 Å². The fourth-order valence-corrected chi connectivity index (χ4v) is 4.92. The molecule has 2 aromatic heterocycles. The first-order valence-corrected chi connectivity index (χ1v) is 12.0. The number of hydrogen-bond acceptors (Lipinski definition) is 5. The molecule has 5 rings (SSSR count). The molecule has 0 unspecified atom stereocenters. The standard InChI is InChI=1S/C28H26F3N3O4/c1-16-4-7-18(32-13-16)15-37-20-10-11-21-22(12-20)34(25(33-21)23-24(26(35)36)27(23,2)3)14-17-5-8-19(9-6-17)38-28(29,30)31/h4-13,23-24H,14-15H2,1-3H3,(H,35,36)/t23-,24+/m1/s1. The van der Waals surface area contributed by atoms with Crippen LogP contribution in [0.25, 0.3) is 11.0 Å². The number of benzene rings is 2. The third-order valence-corrected chi connectivity index (χ3v) is 6.98. The largest absolute Gasteiger partial charge is 0.573 e. The number of aliphatic carboxylic acids is 1. The molecule has 198 valence electrons. The van der Waals surface area contributed by atoms with Crippen LogP contribution in [0.1, 0.15) is 42.4 Å². The fourth-order valence-electron chi connectivity index (χ4n) is 4.92. The van der Waals surface area contributed by atoms with E-state index in [1.807, 2.05) is 49.6 Å². The van der Waals surface area contributed by atoms with Crippen LogP contribution in [0.15, 0.2) is 60.8 Å². The second-order valence-electron chi connectivity index (χ2n) is 10.1. The predicted octanol–water partition coefficient (Wildman–Crippen LogP) is 6.09. The summed E-state index contributed by atoms with van der Waals surface area (Å²) in [5.74, 6) is -0.907. The highest BCUT2D eigenvalue weighted by atomic mass is 19.4. The zero-order chi connectivity index (χ0) is 27.2. The van der Waals surface area contributed by atoms with Gasteiger partial charge in [-0.05, 0) is 53.8 Å². The summed E-state index contributed by atoms with van der Waals surface area (Å²) in [6, 6.07) is 14.9. The Hall–Kier alpha value is -4.08. The topological polar surface area (TPSA) is 86.5 Å². The van der Waals surface area contributed by atoms with E-state index < -0.39 is 23.7 Å². The average Bonchev–Trinajstić information content (AvgIpc) is 3.26. The van der Waals surface area contributed by atoms with Gasteiger partial charge in [-0.2, -0.15) is 0 Å². The van der Waals surface area contributed by atoms with Gasteiger partial charge in [-0.1, -0.05) is 32.0 Å². The van der Waals surface area contributed by atoms with Crippen LogP contribution in [0.2, 0.25) is 0 Å². The maximum atomic E-state index is 12.6. The van der Waals surface area contributed by atoms with Gasteiger partial charge in [0.15, 0.2) is 0 Å². The smallest absolute Gasteiger partial charge is 0.487 e. The molecule has 38 heavy (non-hydrogen) atoms. The molecule has 0 radical (unpaired) electrons. The molecule has 1 aliphatic carbocycles. The summed E-state index contributed by atoms with van der Waals surface area (Å²) >= 11 is 0. The van der Waals surface area contributed by atoms with Gasteiger partial charge in [-0.3, -0.25) is 9.78 Å². The first-order valence-electron chi connectivity index (χ1n) is 12.0. The van der Waals surface area contributed by atoms with Gasteiger partial charge in [-0.15, -0.1) is 13.2 Å². The van der Waals surface area contributed by atoms with Crippen LogP contribution in [0.3, 0.4) is 0 Å². The van der Waals surface area contributed by atoms with Crippen molar-refractivity contribution >= 4 is 17.0 Å². The molecule has 7 nitrogen and oxygen atoms in total. The number of aryl methyl sites for hydroxylation is 1. The SMILES string of the molecule is Cc1ccc(COc2ccc3nc([C@H]4[C@@H](C(=O)O)C4(C)C)n(Cc4ccc(OC(F)(F)F)cc4)c3c2)nc1. The van der Waals surface area contributed by atoms with E-state index in [1.165, 1.54) is 12.1 Å². The number of aromatic nitrogens is 3. The lowest BCUT2D eigenvalue weighted by molar-refractivity contribution is -0.274.